The fraction of sp³-hybridized carbons (Fsp3) is 0.850. The summed E-state index contributed by atoms with van der Waals surface area (Å²) in [5.74, 6) is 0.201. The van der Waals surface area contributed by atoms with Gasteiger partial charge in [-0.25, -0.2) is 0 Å². The van der Waals surface area contributed by atoms with Crippen LogP contribution in [0.5, 0.6) is 0 Å². The molecular formula is C20H38N2O6. The molecule has 0 aromatic rings. The Labute approximate surface area is 169 Å². The van der Waals surface area contributed by atoms with Gasteiger partial charge in [0.25, 0.3) is 0 Å². The highest BCUT2D eigenvalue weighted by Crippen LogP contribution is 2.04. The van der Waals surface area contributed by atoms with Crippen molar-refractivity contribution < 1.29 is 28.6 Å². The molecule has 0 bridgehead atoms. The third-order valence-electron chi connectivity index (χ3n) is 3.84. The van der Waals surface area contributed by atoms with Crippen molar-refractivity contribution in [2.24, 2.45) is 5.92 Å². The number of amides is 2. The van der Waals surface area contributed by atoms with Gasteiger partial charge in [0.05, 0.1) is 26.4 Å². The molecule has 28 heavy (non-hydrogen) atoms. The minimum Gasteiger partial charge on any atom is -0.379 e. The smallest absolute Gasteiger partial charge is 0.220 e. The van der Waals surface area contributed by atoms with E-state index >= 15 is 0 Å². The molecule has 0 rings (SSSR count). The minimum atomic E-state index is -0.0273. The van der Waals surface area contributed by atoms with Crippen molar-refractivity contribution in [2.75, 3.05) is 52.7 Å². The average molecular weight is 403 g/mol. The lowest BCUT2D eigenvalue weighted by Crippen LogP contribution is -2.25. The molecule has 8 heteroatoms. The van der Waals surface area contributed by atoms with Crippen LogP contribution < -0.4 is 10.6 Å². The normalized spacial score (nSPS) is 10.9. The molecule has 0 heterocycles. The number of carbonyl (C=O) groups is 3. The van der Waals surface area contributed by atoms with Crippen LogP contribution in [0.4, 0.5) is 0 Å². The maximum absolute atomic E-state index is 11.6. The molecule has 0 aliphatic heterocycles. The zero-order chi connectivity index (χ0) is 21.0. The van der Waals surface area contributed by atoms with Crippen LogP contribution in [-0.4, -0.2) is 70.3 Å². The highest BCUT2D eigenvalue weighted by atomic mass is 16.5. The predicted molar refractivity (Wildman–Crippen MR) is 107 cm³/mol. The van der Waals surface area contributed by atoms with Gasteiger partial charge < -0.3 is 24.8 Å². The summed E-state index contributed by atoms with van der Waals surface area (Å²) in [4.78, 5) is 33.7. The van der Waals surface area contributed by atoms with E-state index in [1.54, 1.807) is 0 Å². The molecule has 0 aromatic heterocycles. The molecule has 0 atom stereocenters. The van der Waals surface area contributed by atoms with E-state index in [0.29, 0.717) is 72.0 Å². The molecule has 0 aliphatic carbocycles. The van der Waals surface area contributed by atoms with Crippen molar-refractivity contribution >= 4 is 17.6 Å². The fourth-order valence-electron chi connectivity index (χ4n) is 2.18. The van der Waals surface area contributed by atoms with Gasteiger partial charge in [-0.1, -0.05) is 13.8 Å². The van der Waals surface area contributed by atoms with Crippen LogP contribution in [0.2, 0.25) is 0 Å². The van der Waals surface area contributed by atoms with Gasteiger partial charge in [-0.05, 0) is 19.3 Å². The van der Waals surface area contributed by atoms with E-state index in [1.807, 2.05) is 13.8 Å². The maximum Gasteiger partial charge on any atom is 0.220 e. The Balaban J connectivity index is 3.22. The van der Waals surface area contributed by atoms with Crippen molar-refractivity contribution in [3.05, 3.63) is 0 Å². The Morgan fingerprint density at radius 1 is 0.714 bits per heavy atom. The Hall–Kier alpha value is -1.51. The van der Waals surface area contributed by atoms with Gasteiger partial charge >= 0.3 is 0 Å². The Morgan fingerprint density at radius 3 is 1.71 bits per heavy atom. The van der Waals surface area contributed by atoms with Crippen molar-refractivity contribution in [1.82, 2.24) is 10.6 Å². The Kier molecular flexibility index (Phi) is 17.8. The molecule has 2 N–H and O–H groups in total. The van der Waals surface area contributed by atoms with Crippen molar-refractivity contribution in [1.29, 1.82) is 0 Å². The number of carbonyl (C=O) groups excluding carboxylic acids is 3. The first kappa shape index (κ1) is 26.5. The van der Waals surface area contributed by atoms with E-state index in [4.69, 9.17) is 14.2 Å². The lowest BCUT2D eigenvalue weighted by atomic mass is 10.0. The molecule has 0 saturated carbocycles. The van der Waals surface area contributed by atoms with Crippen LogP contribution in [0.3, 0.4) is 0 Å². The lowest BCUT2D eigenvalue weighted by molar-refractivity contribution is -0.123. The summed E-state index contributed by atoms with van der Waals surface area (Å²) in [6.45, 7) is 9.65. The second-order valence-electron chi connectivity index (χ2n) is 6.85. The highest BCUT2D eigenvalue weighted by molar-refractivity contribution is 5.81. The summed E-state index contributed by atoms with van der Waals surface area (Å²) in [6, 6.07) is 0. The molecule has 0 unspecified atom stereocenters. The molecule has 2 amide bonds. The van der Waals surface area contributed by atoms with Crippen LogP contribution in [0.15, 0.2) is 0 Å². The maximum atomic E-state index is 11.6. The van der Waals surface area contributed by atoms with Gasteiger partial charge in [0, 0.05) is 52.0 Å². The van der Waals surface area contributed by atoms with E-state index in [-0.39, 0.29) is 23.5 Å². The number of ether oxygens (including phenoxy) is 3. The Bertz CT molecular complexity index is 429. The quantitative estimate of drug-likeness (QED) is 0.317. The van der Waals surface area contributed by atoms with Gasteiger partial charge in [-0.15, -0.1) is 0 Å². The molecule has 164 valence electrons. The van der Waals surface area contributed by atoms with Gasteiger partial charge in [0.15, 0.2) is 0 Å². The molecule has 0 fully saturated rings. The molecule has 0 aliphatic rings. The van der Waals surface area contributed by atoms with Crippen molar-refractivity contribution in [2.45, 2.75) is 52.9 Å². The monoisotopic (exact) mass is 402 g/mol. The van der Waals surface area contributed by atoms with Crippen molar-refractivity contribution in [3.8, 4) is 0 Å². The number of hydrogen-bond donors (Lipinski definition) is 2. The number of nitrogens with one attached hydrogen (secondary N) is 2. The van der Waals surface area contributed by atoms with Crippen LogP contribution in [0, 0.1) is 5.92 Å². The average Bonchev–Trinajstić information content (AvgIpc) is 2.64. The third-order valence-corrected chi connectivity index (χ3v) is 3.84. The van der Waals surface area contributed by atoms with Crippen LogP contribution in [0.1, 0.15) is 52.9 Å². The number of Topliss-reactive ketones (excluding diaryl/α,β-unsaturated/α-hetero) is 1. The zero-order valence-corrected chi connectivity index (χ0v) is 17.7. The summed E-state index contributed by atoms with van der Waals surface area (Å²) in [6.07, 6.45) is 3.00. The second-order valence-corrected chi connectivity index (χ2v) is 6.85. The van der Waals surface area contributed by atoms with Crippen LogP contribution >= 0.6 is 0 Å². The van der Waals surface area contributed by atoms with E-state index in [1.165, 1.54) is 6.92 Å². The zero-order valence-electron chi connectivity index (χ0n) is 17.7. The van der Waals surface area contributed by atoms with Crippen LogP contribution in [-0.2, 0) is 28.6 Å². The van der Waals surface area contributed by atoms with E-state index in [0.717, 1.165) is 12.8 Å². The molecule has 0 spiro atoms. The SMILES string of the molecule is CC(=O)NCCCOCCOCCOCCCNC(=O)CCCC(=O)C(C)C. The number of ketones is 1. The molecule has 0 radical (unpaired) electrons. The van der Waals surface area contributed by atoms with Crippen molar-refractivity contribution in [3.63, 3.8) is 0 Å². The first-order valence-corrected chi connectivity index (χ1v) is 10.2. The largest absolute Gasteiger partial charge is 0.379 e. The standard InChI is InChI=1S/C20H38N2O6/c1-17(2)19(24)7-4-8-20(25)22-10-6-12-27-14-16-28-15-13-26-11-5-9-21-18(3)23/h17H,4-16H2,1-3H3,(H,21,23)(H,22,25). The van der Waals surface area contributed by atoms with Gasteiger partial charge in [-0.2, -0.15) is 0 Å². The molecule has 8 nitrogen and oxygen atoms in total. The number of rotatable bonds is 19. The van der Waals surface area contributed by atoms with E-state index in [2.05, 4.69) is 10.6 Å². The summed E-state index contributed by atoms with van der Waals surface area (Å²) in [5.41, 5.74) is 0. The molecule has 0 saturated heterocycles. The van der Waals surface area contributed by atoms with Gasteiger partial charge in [0.2, 0.25) is 11.8 Å². The molecule has 0 aromatic carbocycles. The predicted octanol–water partition coefficient (Wildman–Crippen LogP) is 1.46. The first-order valence-electron chi connectivity index (χ1n) is 10.2. The van der Waals surface area contributed by atoms with Gasteiger partial charge in [0.1, 0.15) is 5.78 Å². The van der Waals surface area contributed by atoms with E-state index in [9.17, 15) is 14.4 Å². The van der Waals surface area contributed by atoms with E-state index < -0.39 is 0 Å². The third kappa shape index (κ3) is 19.3. The highest BCUT2D eigenvalue weighted by Gasteiger charge is 2.08. The lowest BCUT2D eigenvalue weighted by Gasteiger charge is -2.08. The minimum absolute atomic E-state index is 0.0167. The van der Waals surface area contributed by atoms with Gasteiger partial charge in [-0.3, -0.25) is 14.4 Å². The molecular weight excluding hydrogens is 364 g/mol. The topological polar surface area (TPSA) is 103 Å². The summed E-state index contributed by atoms with van der Waals surface area (Å²) in [7, 11) is 0. The summed E-state index contributed by atoms with van der Waals surface area (Å²) < 4.78 is 16.2. The fourth-order valence-corrected chi connectivity index (χ4v) is 2.18. The second kappa shape index (κ2) is 18.8. The Morgan fingerprint density at radius 2 is 1.21 bits per heavy atom. The number of hydrogen-bond acceptors (Lipinski definition) is 6. The summed E-state index contributed by atoms with van der Waals surface area (Å²) >= 11 is 0. The van der Waals surface area contributed by atoms with Crippen LogP contribution in [0.25, 0.3) is 0 Å². The summed E-state index contributed by atoms with van der Waals surface area (Å²) in [5, 5.41) is 5.54. The first-order chi connectivity index (χ1) is 13.4.